The topological polar surface area (TPSA) is 61.4 Å². The smallest absolute Gasteiger partial charge is 0.230 e. The van der Waals surface area contributed by atoms with Gasteiger partial charge in [0.05, 0.1) is 5.75 Å². The van der Waals surface area contributed by atoms with E-state index in [4.69, 9.17) is 5.11 Å². The number of rotatable bonds is 7. The number of aliphatic hydroxyl groups excluding tert-OH is 1. The molecule has 0 aromatic heterocycles. The number of hydrogen-bond donors (Lipinski definition) is 3. The van der Waals surface area contributed by atoms with Crippen molar-refractivity contribution in [1.29, 1.82) is 0 Å². The summed E-state index contributed by atoms with van der Waals surface area (Å²) >= 11 is 1.79. The van der Waals surface area contributed by atoms with E-state index in [1.54, 1.807) is 11.8 Å². The zero-order valence-corrected chi connectivity index (χ0v) is 11.7. The molecule has 1 saturated carbocycles. The van der Waals surface area contributed by atoms with Gasteiger partial charge in [-0.15, -0.1) is 11.8 Å². The number of piperidine rings is 1. The average Bonchev–Trinajstić information content (AvgIpc) is 3.16. The second kappa shape index (κ2) is 6.78. The summed E-state index contributed by atoms with van der Waals surface area (Å²) in [5.41, 5.74) is 0.226. The lowest BCUT2D eigenvalue weighted by atomic mass is 10.0. The second-order valence-electron chi connectivity index (χ2n) is 5.51. The monoisotopic (exact) mass is 272 g/mol. The summed E-state index contributed by atoms with van der Waals surface area (Å²) in [5, 5.41) is 16.0. The fourth-order valence-corrected chi connectivity index (χ4v) is 3.48. The van der Waals surface area contributed by atoms with E-state index in [9.17, 15) is 4.79 Å². The third-order valence-corrected chi connectivity index (χ3v) is 5.37. The zero-order valence-electron chi connectivity index (χ0n) is 10.9. The van der Waals surface area contributed by atoms with Crippen LogP contribution >= 0.6 is 11.8 Å². The van der Waals surface area contributed by atoms with Gasteiger partial charge in [-0.05, 0) is 50.6 Å². The first-order valence-electron chi connectivity index (χ1n) is 6.94. The van der Waals surface area contributed by atoms with E-state index in [0.29, 0.717) is 11.0 Å². The highest BCUT2D eigenvalue weighted by atomic mass is 32.2. The Kier molecular flexibility index (Phi) is 5.33. The second-order valence-corrected chi connectivity index (χ2v) is 6.80. The molecule has 1 heterocycles. The van der Waals surface area contributed by atoms with Crippen molar-refractivity contribution < 1.29 is 9.90 Å². The van der Waals surface area contributed by atoms with Gasteiger partial charge >= 0.3 is 0 Å². The molecule has 2 fully saturated rings. The number of aliphatic hydroxyl groups is 1. The van der Waals surface area contributed by atoms with Gasteiger partial charge in [0.15, 0.2) is 0 Å². The highest BCUT2D eigenvalue weighted by molar-refractivity contribution is 8.00. The van der Waals surface area contributed by atoms with Crippen LogP contribution in [0.4, 0.5) is 0 Å². The molecule has 0 bridgehead atoms. The van der Waals surface area contributed by atoms with Crippen LogP contribution in [0.25, 0.3) is 0 Å². The Morgan fingerprint density at radius 1 is 1.39 bits per heavy atom. The predicted octanol–water partition coefficient (Wildman–Crippen LogP) is 0.750. The lowest BCUT2D eigenvalue weighted by Gasteiger charge is -2.22. The van der Waals surface area contributed by atoms with Crippen LogP contribution in [0.5, 0.6) is 0 Å². The molecule has 1 aliphatic heterocycles. The van der Waals surface area contributed by atoms with Crippen LogP contribution in [0.15, 0.2) is 0 Å². The Labute approximate surface area is 113 Å². The molecule has 104 valence electrons. The molecular weight excluding hydrogens is 248 g/mol. The third kappa shape index (κ3) is 4.44. The van der Waals surface area contributed by atoms with Crippen molar-refractivity contribution in [2.24, 2.45) is 5.41 Å². The van der Waals surface area contributed by atoms with Gasteiger partial charge in [0.2, 0.25) is 5.91 Å². The van der Waals surface area contributed by atoms with Crippen molar-refractivity contribution in [3.05, 3.63) is 0 Å². The molecule has 1 amide bonds. The first-order chi connectivity index (χ1) is 8.74. The predicted molar refractivity (Wildman–Crippen MR) is 74.7 cm³/mol. The van der Waals surface area contributed by atoms with Crippen LogP contribution in [0.1, 0.15) is 32.1 Å². The maximum absolute atomic E-state index is 11.8. The Morgan fingerprint density at radius 3 is 2.72 bits per heavy atom. The van der Waals surface area contributed by atoms with E-state index in [0.717, 1.165) is 38.9 Å². The molecule has 1 aliphatic carbocycles. The quantitative estimate of drug-likeness (QED) is 0.640. The SMILES string of the molecule is O=C(CSC1CCNCC1)NCC1(CCO)CC1. The van der Waals surface area contributed by atoms with Crippen molar-refractivity contribution in [2.45, 2.75) is 37.4 Å². The van der Waals surface area contributed by atoms with Gasteiger partial charge in [0.25, 0.3) is 0 Å². The fourth-order valence-electron chi connectivity index (χ4n) is 2.42. The number of nitrogens with one attached hydrogen (secondary N) is 2. The van der Waals surface area contributed by atoms with E-state index in [2.05, 4.69) is 10.6 Å². The lowest BCUT2D eigenvalue weighted by Crippen LogP contribution is -2.34. The summed E-state index contributed by atoms with van der Waals surface area (Å²) in [5.74, 6) is 0.739. The molecule has 0 unspecified atom stereocenters. The summed E-state index contributed by atoms with van der Waals surface area (Å²) in [6.45, 7) is 3.15. The Morgan fingerprint density at radius 2 is 2.11 bits per heavy atom. The number of thioether (sulfide) groups is 1. The number of carbonyl (C=O) groups is 1. The van der Waals surface area contributed by atoms with E-state index in [1.807, 2.05) is 0 Å². The summed E-state index contributed by atoms with van der Waals surface area (Å²) in [6.07, 6.45) is 5.47. The molecular formula is C13H24N2O2S. The minimum atomic E-state index is 0.155. The summed E-state index contributed by atoms with van der Waals surface area (Å²) in [4.78, 5) is 11.8. The Bertz CT molecular complexity index is 276. The van der Waals surface area contributed by atoms with Crippen molar-refractivity contribution >= 4 is 17.7 Å². The van der Waals surface area contributed by atoms with Gasteiger partial charge < -0.3 is 15.7 Å². The highest BCUT2D eigenvalue weighted by Gasteiger charge is 2.41. The standard InChI is InChI=1S/C13H24N2O2S/c16-8-5-13(3-4-13)10-15-12(17)9-18-11-1-6-14-7-2-11/h11,14,16H,1-10H2,(H,15,17). The van der Waals surface area contributed by atoms with Crippen LogP contribution in [-0.4, -0.2) is 48.3 Å². The van der Waals surface area contributed by atoms with Crippen molar-refractivity contribution in [2.75, 3.05) is 32.0 Å². The average molecular weight is 272 g/mol. The number of hydrogen-bond acceptors (Lipinski definition) is 4. The highest BCUT2D eigenvalue weighted by Crippen LogP contribution is 2.47. The van der Waals surface area contributed by atoms with Crippen LogP contribution < -0.4 is 10.6 Å². The van der Waals surface area contributed by atoms with E-state index < -0.39 is 0 Å². The summed E-state index contributed by atoms with van der Waals surface area (Å²) in [6, 6.07) is 0. The third-order valence-electron chi connectivity index (χ3n) is 4.00. The van der Waals surface area contributed by atoms with Crippen LogP contribution in [0.2, 0.25) is 0 Å². The minimum Gasteiger partial charge on any atom is -0.396 e. The molecule has 1 saturated heterocycles. The molecule has 0 radical (unpaired) electrons. The largest absolute Gasteiger partial charge is 0.396 e. The summed E-state index contributed by atoms with van der Waals surface area (Å²) in [7, 11) is 0. The maximum Gasteiger partial charge on any atom is 0.230 e. The molecule has 18 heavy (non-hydrogen) atoms. The Balaban J connectivity index is 1.57. The number of amides is 1. The van der Waals surface area contributed by atoms with Crippen LogP contribution in [-0.2, 0) is 4.79 Å². The zero-order chi connectivity index (χ0) is 12.8. The van der Waals surface area contributed by atoms with Crippen LogP contribution in [0, 0.1) is 5.41 Å². The van der Waals surface area contributed by atoms with Gasteiger partial charge in [-0.2, -0.15) is 0 Å². The van der Waals surface area contributed by atoms with Gasteiger partial charge in [-0.25, -0.2) is 0 Å². The molecule has 2 aliphatic rings. The van der Waals surface area contributed by atoms with Gasteiger partial charge in [0.1, 0.15) is 0 Å². The normalized spacial score (nSPS) is 22.7. The lowest BCUT2D eigenvalue weighted by molar-refractivity contribution is -0.118. The molecule has 0 spiro atoms. The van der Waals surface area contributed by atoms with Crippen molar-refractivity contribution in [1.82, 2.24) is 10.6 Å². The molecule has 0 aromatic rings. The van der Waals surface area contributed by atoms with Crippen molar-refractivity contribution in [3.63, 3.8) is 0 Å². The molecule has 5 heteroatoms. The first-order valence-corrected chi connectivity index (χ1v) is 7.99. The minimum absolute atomic E-state index is 0.155. The van der Waals surface area contributed by atoms with Crippen molar-refractivity contribution in [3.8, 4) is 0 Å². The van der Waals surface area contributed by atoms with Gasteiger partial charge in [-0.3, -0.25) is 4.79 Å². The first kappa shape index (κ1) is 14.2. The molecule has 2 rings (SSSR count). The maximum atomic E-state index is 11.8. The molecule has 0 atom stereocenters. The summed E-state index contributed by atoms with van der Waals surface area (Å²) < 4.78 is 0. The van der Waals surface area contributed by atoms with E-state index in [-0.39, 0.29) is 17.9 Å². The van der Waals surface area contributed by atoms with Crippen LogP contribution in [0.3, 0.4) is 0 Å². The van der Waals surface area contributed by atoms with Gasteiger partial charge in [-0.1, -0.05) is 0 Å². The Hall–Kier alpha value is -0.260. The molecule has 3 N–H and O–H groups in total. The molecule has 4 nitrogen and oxygen atoms in total. The number of carbonyl (C=O) groups excluding carboxylic acids is 1. The van der Waals surface area contributed by atoms with E-state index >= 15 is 0 Å². The molecule has 0 aromatic carbocycles. The van der Waals surface area contributed by atoms with E-state index in [1.165, 1.54) is 12.8 Å². The van der Waals surface area contributed by atoms with Gasteiger partial charge in [0, 0.05) is 18.4 Å². The fraction of sp³-hybridized carbons (Fsp3) is 0.923.